The fourth-order valence-corrected chi connectivity index (χ4v) is 5.15. The van der Waals surface area contributed by atoms with Gasteiger partial charge in [0.1, 0.15) is 0 Å². The largest absolute Gasteiger partial charge is 0.416 e. The quantitative estimate of drug-likeness (QED) is 0.344. The molecule has 2 aromatic rings. The van der Waals surface area contributed by atoms with Crippen LogP contribution in [-0.4, -0.2) is 30.4 Å². The van der Waals surface area contributed by atoms with Crippen LogP contribution >= 0.6 is 11.3 Å². The minimum Gasteiger partial charge on any atom is -0.322 e. The zero-order chi connectivity index (χ0) is 25.1. The maximum atomic E-state index is 13.6. The number of nitrogens with zero attached hydrogens (tertiary/aromatic N) is 1. The number of halogens is 3. The van der Waals surface area contributed by atoms with Crippen molar-refractivity contribution in [1.29, 1.82) is 0 Å². The molecule has 2 N–H and O–H groups in total. The van der Waals surface area contributed by atoms with Gasteiger partial charge >= 0.3 is 6.18 Å². The second-order valence-corrected chi connectivity index (χ2v) is 9.30. The highest BCUT2D eigenvalue weighted by atomic mass is 32.1. The predicted octanol–water partition coefficient (Wildman–Crippen LogP) is 7.09. The molecule has 0 aliphatic carbocycles. The van der Waals surface area contributed by atoms with Crippen molar-refractivity contribution >= 4 is 22.9 Å². The van der Waals surface area contributed by atoms with Crippen molar-refractivity contribution in [3.63, 3.8) is 0 Å². The van der Waals surface area contributed by atoms with Crippen molar-refractivity contribution in [3.05, 3.63) is 50.7 Å². The zero-order valence-corrected chi connectivity index (χ0v) is 21.6. The first-order chi connectivity index (χ1) is 16.3. The molecule has 1 aromatic carbocycles. The summed E-state index contributed by atoms with van der Waals surface area (Å²) in [6, 6.07) is 3.91. The van der Waals surface area contributed by atoms with Gasteiger partial charge in [0.05, 0.1) is 11.1 Å². The summed E-state index contributed by atoms with van der Waals surface area (Å²) in [5.41, 5.74) is 1.60. The van der Waals surface area contributed by atoms with E-state index in [-0.39, 0.29) is 11.6 Å². The van der Waals surface area contributed by atoms with Crippen molar-refractivity contribution in [2.24, 2.45) is 0 Å². The topological polar surface area (TPSA) is 44.4 Å². The Labute approximate surface area is 205 Å². The SMILES string of the molecule is CC.CCCCCN(CCC)Cc1cc(NC(=O)c2csc3c2CCNC3)cc(C(F)(F)F)c1. The predicted molar refractivity (Wildman–Crippen MR) is 136 cm³/mol. The lowest BCUT2D eigenvalue weighted by Crippen LogP contribution is -2.26. The van der Waals surface area contributed by atoms with Gasteiger partial charge in [-0.25, -0.2) is 0 Å². The number of hydrogen-bond acceptors (Lipinski definition) is 4. The normalized spacial score (nSPS) is 13.3. The molecular formula is C26H38F3N3OS. The molecule has 1 amide bonds. The van der Waals surface area contributed by atoms with E-state index in [1.807, 2.05) is 13.8 Å². The van der Waals surface area contributed by atoms with Gasteiger partial charge in [-0.3, -0.25) is 9.69 Å². The number of alkyl halides is 3. The molecule has 1 aliphatic heterocycles. The number of anilines is 1. The molecule has 190 valence electrons. The molecule has 0 spiro atoms. The summed E-state index contributed by atoms with van der Waals surface area (Å²) < 4.78 is 40.8. The van der Waals surface area contributed by atoms with E-state index in [4.69, 9.17) is 0 Å². The summed E-state index contributed by atoms with van der Waals surface area (Å²) in [5, 5.41) is 7.81. The van der Waals surface area contributed by atoms with E-state index < -0.39 is 11.7 Å². The maximum absolute atomic E-state index is 13.6. The van der Waals surface area contributed by atoms with Gasteiger partial charge < -0.3 is 10.6 Å². The van der Waals surface area contributed by atoms with Gasteiger partial charge in [-0.1, -0.05) is 40.5 Å². The first-order valence-corrected chi connectivity index (χ1v) is 13.2. The van der Waals surface area contributed by atoms with E-state index in [1.165, 1.54) is 17.4 Å². The Kier molecular flexibility index (Phi) is 11.5. The van der Waals surface area contributed by atoms with E-state index in [1.54, 1.807) is 11.4 Å². The fraction of sp³-hybridized carbons (Fsp3) is 0.577. The van der Waals surface area contributed by atoms with Gasteiger partial charge in [0.15, 0.2) is 0 Å². The molecule has 0 bridgehead atoms. The number of carbonyl (C=O) groups excluding carboxylic acids is 1. The van der Waals surface area contributed by atoms with Crippen LogP contribution in [0.5, 0.6) is 0 Å². The van der Waals surface area contributed by atoms with E-state index in [9.17, 15) is 18.0 Å². The van der Waals surface area contributed by atoms with Gasteiger partial charge in [-0.15, -0.1) is 11.3 Å². The molecule has 0 saturated heterocycles. The van der Waals surface area contributed by atoms with Gasteiger partial charge in [0.25, 0.3) is 5.91 Å². The summed E-state index contributed by atoms with van der Waals surface area (Å²) in [4.78, 5) is 16.2. The lowest BCUT2D eigenvalue weighted by Gasteiger charge is -2.23. The Balaban J connectivity index is 0.00000199. The van der Waals surface area contributed by atoms with Crippen LogP contribution in [0.15, 0.2) is 23.6 Å². The molecule has 2 heterocycles. The summed E-state index contributed by atoms with van der Waals surface area (Å²) in [6.45, 7) is 11.8. The average molecular weight is 498 g/mol. The summed E-state index contributed by atoms with van der Waals surface area (Å²) in [6.07, 6.45) is 0.441. The highest BCUT2D eigenvalue weighted by Gasteiger charge is 2.31. The van der Waals surface area contributed by atoms with E-state index in [0.717, 1.165) is 74.8 Å². The van der Waals surface area contributed by atoms with Crippen LogP contribution < -0.4 is 10.6 Å². The summed E-state index contributed by atoms with van der Waals surface area (Å²) in [5.74, 6) is -0.344. The molecule has 8 heteroatoms. The molecule has 1 aromatic heterocycles. The molecule has 0 saturated carbocycles. The number of thiophene rings is 1. The standard InChI is InChI=1S/C24H32F3N3OS.C2H6/c1-3-5-6-10-30(9-4-2)15-17-11-18(24(25,26)27)13-19(12-17)29-23(31)21-16-32-22-14-28-8-7-20(21)22;1-2/h11-13,16,28H,3-10,14-15H2,1-2H3,(H,29,31);1-2H3. The molecule has 0 unspecified atom stereocenters. The number of fused-ring (bicyclic) bond motifs is 1. The van der Waals surface area contributed by atoms with E-state index in [0.29, 0.717) is 17.7 Å². The third kappa shape index (κ3) is 8.10. The number of carbonyl (C=O) groups is 1. The fourth-order valence-electron chi connectivity index (χ4n) is 4.10. The van der Waals surface area contributed by atoms with Gasteiger partial charge in [0, 0.05) is 29.0 Å². The molecule has 34 heavy (non-hydrogen) atoms. The van der Waals surface area contributed by atoms with Crippen molar-refractivity contribution in [2.45, 2.75) is 79.1 Å². The lowest BCUT2D eigenvalue weighted by atomic mass is 10.0. The van der Waals surface area contributed by atoms with Crippen molar-refractivity contribution in [1.82, 2.24) is 10.2 Å². The summed E-state index contributed by atoms with van der Waals surface area (Å²) >= 11 is 1.51. The lowest BCUT2D eigenvalue weighted by molar-refractivity contribution is -0.137. The van der Waals surface area contributed by atoms with Crippen LogP contribution in [0.1, 0.15) is 85.3 Å². The average Bonchev–Trinajstić information content (AvgIpc) is 3.24. The maximum Gasteiger partial charge on any atom is 0.416 e. The van der Waals surface area contributed by atoms with Crippen LogP contribution in [0, 0.1) is 0 Å². The van der Waals surface area contributed by atoms with Gasteiger partial charge in [-0.05, 0) is 68.2 Å². The molecular weight excluding hydrogens is 459 g/mol. The van der Waals surface area contributed by atoms with E-state index >= 15 is 0 Å². The second-order valence-electron chi connectivity index (χ2n) is 8.33. The first-order valence-electron chi connectivity index (χ1n) is 12.4. The minimum atomic E-state index is -4.47. The number of unbranched alkanes of at least 4 members (excludes halogenated alkanes) is 2. The molecule has 0 atom stereocenters. The number of benzene rings is 1. The van der Waals surface area contributed by atoms with Gasteiger partial charge in [-0.2, -0.15) is 13.2 Å². The summed E-state index contributed by atoms with van der Waals surface area (Å²) in [7, 11) is 0. The molecule has 3 rings (SSSR count). The van der Waals surface area contributed by atoms with Crippen molar-refractivity contribution < 1.29 is 18.0 Å². The Hall–Kier alpha value is -1.90. The third-order valence-electron chi connectivity index (χ3n) is 5.66. The highest BCUT2D eigenvalue weighted by molar-refractivity contribution is 7.10. The Bertz CT molecular complexity index is 911. The number of rotatable bonds is 10. The smallest absolute Gasteiger partial charge is 0.322 e. The van der Waals surface area contributed by atoms with Crippen LogP contribution in [0.25, 0.3) is 0 Å². The molecule has 0 fully saturated rings. The van der Waals surface area contributed by atoms with Crippen LogP contribution in [0.2, 0.25) is 0 Å². The van der Waals surface area contributed by atoms with Crippen LogP contribution in [0.4, 0.5) is 18.9 Å². The molecule has 1 aliphatic rings. The van der Waals surface area contributed by atoms with Gasteiger partial charge in [0.2, 0.25) is 0 Å². The Morgan fingerprint density at radius 1 is 1.12 bits per heavy atom. The minimum absolute atomic E-state index is 0.193. The first kappa shape index (κ1) is 28.3. The zero-order valence-electron chi connectivity index (χ0n) is 20.8. The third-order valence-corrected chi connectivity index (χ3v) is 6.69. The van der Waals surface area contributed by atoms with Crippen molar-refractivity contribution in [3.8, 4) is 0 Å². The Morgan fingerprint density at radius 3 is 2.56 bits per heavy atom. The Morgan fingerprint density at radius 2 is 1.88 bits per heavy atom. The molecule has 0 radical (unpaired) electrons. The number of hydrogen-bond donors (Lipinski definition) is 2. The van der Waals surface area contributed by atoms with Crippen molar-refractivity contribution in [2.75, 3.05) is 25.0 Å². The number of nitrogens with one attached hydrogen (secondary N) is 2. The van der Waals surface area contributed by atoms with Crippen LogP contribution in [0.3, 0.4) is 0 Å². The highest BCUT2D eigenvalue weighted by Crippen LogP contribution is 2.33. The van der Waals surface area contributed by atoms with E-state index in [2.05, 4.69) is 29.4 Å². The van der Waals surface area contributed by atoms with Crippen LogP contribution in [-0.2, 0) is 25.7 Å². The molecule has 4 nitrogen and oxygen atoms in total. The monoisotopic (exact) mass is 497 g/mol. The number of amides is 1. The second kappa shape index (κ2) is 13.9.